The van der Waals surface area contributed by atoms with Crippen LogP contribution in [0.4, 0.5) is 4.48 Å². The second kappa shape index (κ2) is 2.84. The third kappa shape index (κ3) is 1.30. The van der Waals surface area contributed by atoms with Crippen LogP contribution in [-0.4, -0.2) is 17.3 Å². The van der Waals surface area contributed by atoms with Gasteiger partial charge in [-0.05, 0) is 25.7 Å². The quantitative estimate of drug-likeness (QED) is 0.521. The van der Waals surface area contributed by atoms with E-state index in [1.54, 1.807) is 0 Å². The van der Waals surface area contributed by atoms with Gasteiger partial charge in [0, 0.05) is 6.04 Å². The van der Waals surface area contributed by atoms with Gasteiger partial charge in [-0.25, -0.2) is 0 Å². The Bertz CT molecular complexity index is 104. The van der Waals surface area contributed by atoms with Crippen molar-refractivity contribution in [3.63, 3.8) is 0 Å². The predicted octanol–water partition coefficient (Wildman–Crippen LogP) is 1.28. The number of nitrogens with two attached hydrogens (primary N) is 1. The van der Waals surface area contributed by atoms with Crippen molar-refractivity contribution in [3.05, 3.63) is 0 Å². The first-order valence-electron chi connectivity index (χ1n) is 3.82. The summed E-state index contributed by atoms with van der Waals surface area (Å²) in [5, 5.41) is 0.772. The number of nitrogens with zero attached hydrogens (tertiary/aromatic N) is 1. The monoisotopic (exact) mass is 146 g/mol. The molecule has 60 valence electrons. The van der Waals surface area contributed by atoms with Crippen molar-refractivity contribution in [2.75, 3.05) is 0 Å². The Kier molecular flexibility index (Phi) is 2.26. The lowest BCUT2D eigenvalue weighted by Gasteiger charge is -2.35. The van der Waals surface area contributed by atoms with Crippen molar-refractivity contribution in [1.29, 1.82) is 0 Å². The highest BCUT2D eigenvalue weighted by Gasteiger charge is 2.30. The maximum absolute atomic E-state index is 12.9. The molecule has 1 aliphatic heterocycles. The van der Waals surface area contributed by atoms with E-state index in [2.05, 4.69) is 0 Å². The van der Waals surface area contributed by atoms with Crippen LogP contribution in [0.3, 0.4) is 0 Å². The normalized spacial score (nSPS) is 43.8. The van der Waals surface area contributed by atoms with Crippen molar-refractivity contribution < 1.29 is 4.48 Å². The van der Waals surface area contributed by atoms with Crippen LogP contribution < -0.4 is 5.73 Å². The summed E-state index contributed by atoms with van der Waals surface area (Å²) >= 11 is 0. The molecule has 10 heavy (non-hydrogen) atoms. The molecule has 1 fully saturated rings. The molecule has 1 saturated heterocycles. The summed E-state index contributed by atoms with van der Waals surface area (Å²) in [5.74, 6) is 0.293. The number of hydrogen-bond donors (Lipinski definition) is 1. The standard InChI is InChI=1S/C7H15FN2/c1-5-3-4-6(2)10(8)7(5)9/h5-7H,3-4,9H2,1-2H3. The smallest absolute Gasteiger partial charge is 0.0897 e. The molecule has 3 atom stereocenters. The van der Waals surface area contributed by atoms with E-state index in [1.807, 2.05) is 13.8 Å². The van der Waals surface area contributed by atoms with Gasteiger partial charge in [0.2, 0.25) is 0 Å². The molecule has 1 aliphatic rings. The molecule has 1 rings (SSSR count). The SMILES string of the molecule is CC1CCC(C)N(F)C1N. The van der Waals surface area contributed by atoms with E-state index < -0.39 is 0 Å². The fraction of sp³-hybridized carbons (Fsp3) is 1.00. The zero-order valence-corrected chi connectivity index (χ0v) is 6.55. The van der Waals surface area contributed by atoms with E-state index in [0.29, 0.717) is 5.92 Å². The largest absolute Gasteiger partial charge is 0.313 e. The highest BCUT2D eigenvalue weighted by Crippen LogP contribution is 2.24. The fourth-order valence-corrected chi connectivity index (χ4v) is 1.34. The van der Waals surface area contributed by atoms with E-state index in [0.717, 1.165) is 18.0 Å². The molecule has 0 aromatic carbocycles. The van der Waals surface area contributed by atoms with Gasteiger partial charge in [0.05, 0.1) is 6.17 Å². The molecule has 0 saturated carbocycles. The first-order chi connectivity index (χ1) is 4.63. The average molecular weight is 146 g/mol. The minimum Gasteiger partial charge on any atom is -0.313 e. The maximum atomic E-state index is 12.9. The fourth-order valence-electron chi connectivity index (χ4n) is 1.34. The van der Waals surface area contributed by atoms with Crippen LogP contribution in [0.15, 0.2) is 0 Å². The van der Waals surface area contributed by atoms with Crippen LogP contribution in [0.2, 0.25) is 0 Å². The molecule has 0 radical (unpaired) electrons. The van der Waals surface area contributed by atoms with Crippen molar-refractivity contribution in [2.45, 2.75) is 38.9 Å². The molecule has 2 nitrogen and oxygen atoms in total. The Morgan fingerprint density at radius 1 is 1.40 bits per heavy atom. The number of rotatable bonds is 0. The molecule has 3 unspecified atom stereocenters. The lowest BCUT2D eigenvalue weighted by molar-refractivity contribution is -0.100. The first kappa shape index (κ1) is 7.95. The van der Waals surface area contributed by atoms with Gasteiger partial charge in [0.15, 0.2) is 0 Å². The molecule has 0 amide bonds. The van der Waals surface area contributed by atoms with Gasteiger partial charge in [-0.1, -0.05) is 6.92 Å². The molecule has 0 aromatic rings. The second-order valence-electron chi connectivity index (χ2n) is 3.24. The van der Waals surface area contributed by atoms with Crippen LogP contribution in [-0.2, 0) is 0 Å². The number of halogens is 1. The maximum Gasteiger partial charge on any atom is 0.0897 e. The second-order valence-corrected chi connectivity index (χ2v) is 3.24. The molecular weight excluding hydrogens is 131 g/mol. The van der Waals surface area contributed by atoms with Gasteiger partial charge in [0.1, 0.15) is 0 Å². The minimum atomic E-state index is -0.385. The molecule has 0 aromatic heterocycles. The van der Waals surface area contributed by atoms with Crippen molar-refractivity contribution in [2.24, 2.45) is 11.7 Å². The topological polar surface area (TPSA) is 29.3 Å². The van der Waals surface area contributed by atoms with E-state index in [-0.39, 0.29) is 12.2 Å². The lowest BCUT2D eigenvalue weighted by Crippen LogP contribution is -2.49. The molecule has 0 bridgehead atoms. The van der Waals surface area contributed by atoms with E-state index in [9.17, 15) is 4.48 Å². The number of hydrogen-bond acceptors (Lipinski definition) is 2. The summed E-state index contributed by atoms with van der Waals surface area (Å²) in [7, 11) is 0. The molecule has 3 heteroatoms. The zero-order chi connectivity index (χ0) is 7.72. The molecule has 0 aliphatic carbocycles. The van der Waals surface area contributed by atoms with E-state index >= 15 is 0 Å². The van der Waals surface area contributed by atoms with Crippen molar-refractivity contribution in [1.82, 2.24) is 5.12 Å². The van der Waals surface area contributed by atoms with Gasteiger partial charge in [-0.2, -0.15) is 0 Å². The van der Waals surface area contributed by atoms with Gasteiger partial charge in [-0.15, -0.1) is 9.60 Å². The van der Waals surface area contributed by atoms with Crippen LogP contribution in [0.25, 0.3) is 0 Å². The molecule has 1 heterocycles. The van der Waals surface area contributed by atoms with Crippen LogP contribution >= 0.6 is 0 Å². The average Bonchev–Trinajstić information content (AvgIpc) is 1.93. The Labute approximate surface area is 61.1 Å². The Morgan fingerprint density at radius 3 is 2.50 bits per heavy atom. The van der Waals surface area contributed by atoms with Crippen LogP contribution in [0.5, 0.6) is 0 Å². The summed E-state index contributed by atoms with van der Waals surface area (Å²) < 4.78 is 12.9. The van der Waals surface area contributed by atoms with Gasteiger partial charge in [-0.3, -0.25) is 0 Å². The van der Waals surface area contributed by atoms with E-state index in [4.69, 9.17) is 5.73 Å². The molecule has 0 spiro atoms. The summed E-state index contributed by atoms with van der Waals surface area (Å²) in [4.78, 5) is 0. The Hall–Kier alpha value is -0.150. The summed E-state index contributed by atoms with van der Waals surface area (Å²) in [6.45, 7) is 3.86. The third-order valence-corrected chi connectivity index (χ3v) is 2.33. The van der Waals surface area contributed by atoms with Crippen molar-refractivity contribution >= 4 is 0 Å². The summed E-state index contributed by atoms with van der Waals surface area (Å²) in [5.41, 5.74) is 5.56. The summed E-state index contributed by atoms with van der Waals surface area (Å²) in [6, 6.07) is 0.00574. The minimum absolute atomic E-state index is 0.00574. The molecular formula is C7H15FN2. The first-order valence-corrected chi connectivity index (χ1v) is 3.82. The highest BCUT2D eigenvalue weighted by molar-refractivity contribution is 4.77. The predicted molar refractivity (Wildman–Crippen MR) is 38.8 cm³/mol. The summed E-state index contributed by atoms with van der Waals surface area (Å²) in [6.07, 6.45) is 1.58. The Balaban J connectivity index is 2.52. The van der Waals surface area contributed by atoms with Gasteiger partial charge in [0.25, 0.3) is 0 Å². The Morgan fingerprint density at radius 2 is 2.00 bits per heavy atom. The number of piperidine rings is 1. The lowest BCUT2D eigenvalue weighted by atomic mass is 9.94. The zero-order valence-electron chi connectivity index (χ0n) is 6.55. The van der Waals surface area contributed by atoms with Gasteiger partial charge < -0.3 is 5.73 Å². The third-order valence-electron chi connectivity index (χ3n) is 2.33. The van der Waals surface area contributed by atoms with Crippen LogP contribution in [0.1, 0.15) is 26.7 Å². The van der Waals surface area contributed by atoms with Crippen LogP contribution in [0, 0.1) is 5.92 Å². The molecule has 2 N–H and O–H groups in total. The highest BCUT2D eigenvalue weighted by atomic mass is 19.2. The van der Waals surface area contributed by atoms with Crippen molar-refractivity contribution in [3.8, 4) is 0 Å². The van der Waals surface area contributed by atoms with E-state index in [1.165, 1.54) is 0 Å². The van der Waals surface area contributed by atoms with Gasteiger partial charge >= 0.3 is 0 Å².